The molecule has 5 N–H and O–H groups in total. The summed E-state index contributed by atoms with van der Waals surface area (Å²) in [6, 6.07) is -0.458. The fourth-order valence-electron chi connectivity index (χ4n) is 1.23. The second-order valence-corrected chi connectivity index (χ2v) is 3.73. The largest absolute Gasteiger partial charge is 0.385 e. The maximum Gasteiger partial charge on any atom is 0.349 e. The summed E-state index contributed by atoms with van der Waals surface area (Å²) in [5.74, 6) is 0.836. The van der Waals surface area contributed by atoms with Crippen molar-refractivity contribution in [3.05, 3.63) is 23.7 Å². The van der Waals surface area contributed by atoms with Crippen LogP contribution in [0.3, 0.4) is 0 Å². The van der Waals surface area contributed by atoms with Gasteiger partial charge in [0.15, 0.2) is 0 Å². The van der Waals surface area contributed by atoms with Crippen molar-refractivity contribution in [1.29, 1.82) is 0 Å². The monoisotopic (exact) mass is 223 g/mol. The number of nitrogen functional groups attached to an aromatic ring is 1. The lowest BCUT2D eigenvalue weighted by molar-refractivity contribution is 0.242. The first kappa shape index (κ1) is 12.1. The highest BCUT2D eigenvalue weighted by Crippen LogP contribution is 2.20. The molecule has 1 heterocycles. The summed E-state index contributed by atoms with van der Waals surface area (Å²) in [5.41, 5.74) is 12.1. The first-order valence-electron chi connectivity index (χ1n) is 5.03. The van der Waals surface area contributed by atoms with Crippen LogP contribution < -0.4 is 16.8 Å². The molecule has 88 valence electrons. The second kappa shape index (κ2) is 4.69. The van der Waals surface area contributed by atoms with E-state index in [0.717, 1.165) is 10.2 Å². The summed E-state index contributed by atoms with van der Waals surface area (Å²) in [6.07, 6.45) is 3.17. The van der Waals surface area contributed by atoms with Gasteiger partial charge in [-0.2, -0.15) is 9.78 Å². The minimum atomic E-state index is -0.458. The van der Waals surface area contributed by atoms with Gasteiger partial charge in [0.2, 0.25) is 0 Å². The summed E-state index contributed by atoms with van der Waals surface area (Å²) in [5, 5.41) is 6.38. The van der Waals surface area contributed by atoms with E-state index in [1.165, 1.54) is 0 Å². The fraction of sp³-hybridized carbons (Fsp3) is 0.400. The lowest BCUT2D eigenvalue weighted by Crippen LogP contribution is -2.32. The van der Waals surface area contributed by atoms with Gasteiger partial charge in [-0.25, -0.2) is 4.79 Å². The minimum Gasteiger partial charge on any atom is -0.385 e. The van der Waals surface area contributed by atoms with Gasteiger partial charge in [0.25, 0.3) is 0 Å². The zero-order valence-corrected chi connectivity index (χ0v) is 9.69. The molecule has 0 bridgehead atoms. The van der Waals surface area contributed by atoms with Crippen molar-refractivity contribution in [3.63, 3.8) is 0 Å². The van der Waals surface area contributed by atoms with E-state index in [2.05, 4.69) is 10.4 Å². The Morgan fingerprint density at radius 1 is 1.62 bits per heavy atom. The van der Waals surface area contributed by atoms with E-state index in [4.69, 9.17) is 11.5 Å². The Hall–Kier alpha value is -1.98. The van der Waals surface area contributed by atoms with Crippen LogP contribution in [-0.2, 0) is 0 Å². The molecule has 0 unspecified atom stereocenters. The molecule has 0 aliphatic rings. The van der Waals surface area contributed by atoms with Crippen LogP contribution in [0.15, 0.2) is 18.1 Å². The predicted octanol–water partition coefficient (Wildman–Crippen LogP) is 0.966. The third-order valence-corrected chi connectivity index (χ3v) is 2.21. The summed E-state index contributed by atoms with van der Waals surface area (Å²) in [4.78, 5) is 11.7. The number of aromatic nitrogens is 2. The first-order chi connectivity index (χ1) is 7.47. The molecule has 0 aliphatic carbocycles. The van der Waals surface area contributed by atoms with E-state index in [-0.39, 0.29) is 11.7 Å². The molecule has 16 heavy (non-hydrogen) atoms. The molecule has 0 saturated carbocycles. The Morgan fingerprint density at radius 3 is 2.69 bits per heavy atom. The van der Waals surface area contributed by atoms with Gasteiger partial charge < -0.3 is 11.5 Å². The van der Waals surface area contributed by atoms with Crippen LogP contribution in [0.25, 0.3) is 0 Å². The van der Waals surface area contributed by atoms with Gasteiger partial charge >= 0.3 is 6.03 Å². The molecular weight excluding hydrogens is 206 g/mol. The first-order valence-corrected chi connectivity index (χ1v) is 5.03. The van der Waals surface area contributed by atoms with E-state index >= 15 is 0 Å². The number of rotatable bonds is 2. The standard InChI is InChI=1S/C10H17N5O/c1-4-8(11)14-10(16)15-9(12)7(5-13-15)6(2)3/h4-6H,11-12H2,1-3H3,(H,14,16)/b8-4-. The number of amides is 1. The van der Waals surface area contributed by atoms with Crippen LogP contribution in [0.4, 0.5) is 10.6 Å². The zero-order valence-electron chi connectivity index (χ0n) is 9.69. The normalized spacial score (nSPS) is 11.9. The Labute approximate surface area is 94.3 Å². The Kier molecular flexibility index (Phi) is 3.55. The lowest BCUT2D eigenvalue weighted by Gasteiger charge is -2.07. The number of nitrogens with two attached hydrogens (primary N) is 2. The number of hydrogen-bond acceptors (Lipinski definition) is 4. The topological polar surface area (TPSA) is 99.0 Å². The van der Waals surface area contributed by atoms with Gasteiger partial charge in [0.05, 0.1) is 12.0 Å². The number of carbonyl (C=O) groups is 1. The van der Waals surface area contributed by atoms with Crippen LogP contribution in [0.1, 0.15) is 32.3 Å². The summed E-state index contributed by atoms with van der Waals surface area (Å²) in [6.45, 7) is 5.69. The predicted molar refractivity (Wildman–Crippen MR) is 62.6 cm³/mol. The molecular formula is C10H17N5O. The van der Waals surface area contributed by atoms with Crippen LogP contribution >= 0.6 is 0 Å². The van der Waals surface area contributed by atoms with Gasteiger partial charge in [-0.3, -0.25) is 5.32 Å². The number of carbonyl (C=O) groups excluding carboxylic acids is 1. The van der Waals surface area contributed by atoms with Gasteiger partial charge in [0.1, 0.15) is 5.82 Å². The number of nitrogens with one attached hydrogen (secondary N) is 1. The minimum absolute atomic E-state index is 0.223. The molecule has 0 aliphatic heterocycles. The number of allylic oxidation sites excluding steroid dienone is 1. The molecule has 6 nitrogen and oxygen atoms in total. The fourth-order valence-corrected chi connectivity index (χ4v) is 1.23. The third kappa shape index (κ3) is 2.33. The molecule has 1 rings (SSSR count). The van der Waals surface area contributed by atoms with Crippen molar-refractivity contribution in [2.75, 3.05) is 5.73 Å². The second-order valence-electron chi connectivity index (χ2n) is 3.73. The maximum atomic E-state index is 11.7. The lowest BCUT2D eigenvalue weighted by atomic mass is 10.1. The average molecular weight is 223 g/mol. The number of anilines is 1. The summed E-state index contributed by atoms with van der Waals surface area (Å²) < 4.78 is 1.10. The van der Waals surface area contributed by atoms with Crippen molar-refractivity contribution in [3.8, 4) is 0 Å². The highest BCUT2D eigenvalue weighted by Gasteiger charge is 2.15. The van der Waals surface area contributed by atoms with Gasteiger partial charge in [-0.1, -0.05) is 13.8 Å². The van der Waals surface area contributed by atoms with Gasteiger partial charge in [-0.15, -0.1) is 0 Å². The van der Waals surface area contributed by atoms with E-state index in [0.29, 0.717) is 5.82 Å². The number of hydrogen-bond donors (Lipinski definition) is 3. The van der Waals surface area contributed by atoms with Crippen molar-refractivity contribution in [1.82, 2.24) is 15.1 Å². The SMILES string of the molecule is C/C=C(/N)NC(=O)n1ncc(C(C)C)c1N. The summed E-state index contributed by atoms with van der Waals surface area (Å²) in [7, 11) is 0. The smallest absolute Gasteiger partial charge is 0.349 e. The van der Waals surface area contributed by atoms with Gasteiger partial charge in [0, 0.05) is 5.56 Å². The number of nitrogens with zero attached hydrogens (tertiary/aromatic N) is 2. The molecule has 0 aromatic carbocycles. The molecule has 0 atom stereocenters. The van der Waals surface area contributed by atoms with E-state index in [9.17, 15) is 4.79 Å². The highest BCUT2D eigenvalue weighted by atomic mass is 16.2. The molecule has 6 heteroatoms. The molecule has 1 amide bonds. The molecule has 0 saturated heterocycles. The molecule has 0 spiro atoms. The Morgan fingerprint density at radius 2 is 2.25 bits per heavy atom. The quantitative estimate of drug-likeness (QED) is 0.695. The third-order valence-electron chi connectivity index (χ3n) is 2.21. The van der Waals surface area contributed by atoms with Crippen molar-refractivity contribution in [2.45, 2.75) is 26.7 Å². The van der Waals surface area contributed by atoms with E-state index in [1.54, 1.807) is 19.2 Å². The van der Waals surface area contributed by atoms with Crippen LogP contribution in [0.5, 0.6) is 0 Å². The Bertz CT molecular complexity index is 419. The highest BCUT2D eigenvalue weighted by molar-refractivity contribution is 5.81. The molecule has 0 radical (unpaired) electrons. The molecule has 1 aromatic heterocycles. The van der Waals surface area contributed by atoms with Crippen LogP contribution in [0.2, 0.25) is 0 Å². The summed E-state index contributed by atoms with van der Waals surface area (Å²) >= 11 is 0. The maximum absolute atomic E-state index is 11.7. The van der Waals surface area contributed by atoms with E-state index in [1.807, 2.05) is 13.8 Å². The zero-order chi connectivity index (χ0) is 12.3. The van der Waals surface area contributed by atoms with Gasteiger partial charge in [-0.05, 0) is 18.9 Å². The van der Waals surface area contributed by atoms with Crippen molar-refractivity contribution in [2.24, 2.45) is 5.73 Å². The van der Waals surface area contributed by atoms with Crippen LogP contribution in [-0.4, -0.2) is 15.8 Å². The average Bonchev–Trinajstić information content (AvgIpc) is 2.59. The van der Waals surface area contributed by atoms with E-state index < -0.39 is 6.03 Å². The van der Waals surface area contributed by atoms with Crippen LogP contribution in [0, 0.1) is 0 Å². The van der Waals surface area contributed by atoms with Crippen molar-refractivity contribution < 1.29 is 4.79 Å². The Balaban J connectivity index is 2.93. The molecule has 1 aromatic rings. The van der Waals surface area contributed by atoms with Crippen molar-refractivity contribution >= 4 is 11.8 Å². The molecule has 0 fully saturated rings.